The van der Waals surface area contributed by atoms with Crippen molar-refractivity contribution in [1.82, 2.24) is 0 Å². The summed E-state index contributed by atoms with van der Waals surface area (Å²) in [4.78, 5) is 3.74. The molecule has 0 aromatic rings. The van der Waals surface area contributed by atoms with E-state index in [9.17, 15) is 0 Å². The molecule has 62 valence electrons. The predicted molar refractivity (Wildman–Crippen MR) is 42.5 cm³/mol. The molecule has 11 heavy (non-hydrogen) atoms. The van der Waals surface area contributed by atoms with Gasteiger partial charge >= 0.3 is 0 Å². The third kappa shape index (κ3) is 2.46. The van der Waals surface area contributed by atoms with E-state index in [4.69, 9.17) is 9.47 Å². The fourth-order valence-corrected chi connectivity index (χ4v) is 0.833. The third-order valence-electron chi connectivity index (χ3n) is 1.43. The van der Waals surface area contributed by atoms with Crippen LogP contribution in [0.25, 0.3) is 0 Å². The van der Waals surface area contributed by atoms with Gasteiger partial charge < -0.3 is 9.47 Å². The summed E-state index contributed by atoms with van der Waals surface area (Å²) in [6.45, 7) is 8.85. The Balaban J connectivity index is 2.42. The predicted octanol–water partition coefficient (Wildman–Crippen LogP) is 1.20. The molecule has 0 bridgehead atoms. The van der Waals surface area contributed by atoms with Crippen LogP contribution in [0.4, 0.5) is 0 Å². The first-order valence-corrected chi connectivity index (χ1v) is 3.59. The van der Waals surface area contributed by atoms with E-state index in [1.807, 2.05) is 0 Å². The van der Waals surface area contributed by atoms with Gasteiger partial charge in [0.1, 0.15) is 0 Å². The molecule has 0 amide bonds. The van der Waals surface area contributed by atoms with Crippen LogP contribution in [0.1, 0.15) is 13.8 Å². The van der Waals surface area contributed by atoms with Crippen molar-refractivity contribution in [2.24, 2.45) is 10.4 Å². The highest BCUT2D eigenvalue weighted by Gasteiger charge is 2.27. The van der Waals surface area contributed by atoms with Crippen molar-refractivity contribution in [2.75, 3.05) is 13.2 Å². The van der Waals surface area contributed by atoms with Crippen LogP contribution in [0.3, 0.4) is 0 Å². The fraction of sp³-hybridized carbons (Fsp3) is 0.750. The minimum atomic E-state index is -0.486. The standard InChI is InChI=1S/C8H13NO2/c1-4-9-7-10-5-8(2,3)6-11-7/h7H,1,5-6H2,2-3H3. The van der Waals surface area contributed by atoms with Crippen molar-refractivity contribution in [3.05, 3.63) is 6.58 Å². The number of aliphatic imine (C=N–C) groups is 1. The topological polar surface area (TPSA) is 30.8 Å². The lowest BCUT2D eigenvalue weighted by molar-refractivity contribution is -0.216. The number of nitrogens with zero attached hydrogens (tertiary/aromatic N) is 1. The summed E-state index contributed by atoms with van der Waals surface area (Å²) in [6.07, 6.45) is -0.486. The first-order valence-electron chi connectivity index (χ1n) is 3.59. The Bertz CT molecular complexity index is 173. The van der Waals surface area contributed by atoms with E-state index in [0.29, 0.717) is 13.2 Å². The molecule has 3 heteroatoms. The highest BCUT2D eigenvalue weighted by atomic mass is 16.7. The van der Waals surface area contributed by atoms with E-state index >= 15 is 0 Å². The minimum Gasteiger partial charge on any atom is -0.333 e. The number of hydrogen-bond acceptors (Lipinski definition) is 3. The van der Waals surface area contributed by atoms with Crippen LogP contribution in [-0.4, -0.2) is 25.5 Å². The summed E-state index contributed by atoms with van der Waals surface area (Å²) < 4.78 is 10.5. The summed E-state index contributed by atoms with van der Waals surface area (Å²) in [5, 5.41) is 0. The van der Waals surface area contributed by atoms with Gasteiger partial charge in [-0.3, -0.25) is 0 Å². The van der Waals surface area contributed by atoms with Crippen LogP contribution in [0.15, 0.2) is 11.6 Å². The van der Waals surface area contributed by atoms with E-state index in [1.54, 1.807) is 0 Å². The van der Waals surface area contributed by atoms with Crippen LogP contribution in [0.5, 0.6) is 0 Å². The normalized spacial score (nSPS) is 24.2. The smallest absolute Gasteiger partial charge is 0.266 e. The zero-order valence-corrected chi connectivity index (χ0v) is 6.96. The maximum atomic E-state index is 5.24. The van der Waals surface area contributed by atoms with Crippen molar-refractivity contribution < 1.29 is 9.47 Å². The van der Waals surface area contributed by atoms with Crippen LogP contribution < -0.4 is 0 Å². The number of rotatable bonds is 1. The SMILES string of the molecule is C=C=NC1OCC(C)(C)CO1. The second-order valence-electron chi connectivity index (χ2n) is 3.38. The Labute approximate surface area is 66.7 Å². The highest BCUT2D eigenvalue weighted by molar-refractivity contribution is 5.46. The fourth-order valence-electron chi connectivity index (χ4n) is 0.833. The molecule has 1 saturated heterocycles. The molecule has 0 aromatic heterocycles. The first kappa shape index (κ1) is 8.47. The van der Waals surface area contributed by atoms with Gasteiger partial charge in [-0.05, 0) is 12.4 Å². The van der Waals surface area contributed by atoms with Crippen LogP contribution >= 0.6 is 0 Å². The molecule has 1 aliphatic rings. The highest BCUT2D eigenvalue weighted by Crippen LogP contribution is 2.22. The summed E-state index contributed by atoms with van der Waals surface area (Å²) in [6, 6.07) is 0. The van der Waals surface area contributed by atoms with Gasteiger partial charge in [-0.1, -0.05) is 13.8 Å². The lowest BCUT2D eigenvalue weighted by atomic mass is 9.96. The van der Waals surface area contributed by atoms with E-state index in [-0.39, 0.29) is 5.41 Å². The summed E-state index contributed by atoms with van der Waals surface area (Å²) in [5.74, 6) is 2.39. The molecule has 3 nitrogen and oxygen atoms in total. The molecule has 1 fully saturated rings. The Kier molecular flexibility index (Phi) is 2.45. The second kappa shape index (κ2) is 3.18. The van der Waals surface area contributed by atoms with Gasteiger partial charge in [-0.15, -0.1) is 0 Å². The van der Waals surface area contributed by atoms with Crippen LogP contribution in [0.2, 0.25) is 0 Å². The zero-order valence-electron chi connectivity index (χ0n) is 6.96. The second-order valence-corrected chi connectivity index (χ2v) is 3.38. The molecular formula is C8H13NO2. The van der Waals surface area contributed by atoms with E-state index in [0.717, 1.165) is 0 Å². The molecule has 0 atom stereocenters. The lowest BCUT2D eigenvalue weighted by Crippen LogP contribution is -2.36. The quantitative estimate of drug-likeness (QED) is 0.533. The van der Waals surface area contributed by atoms with Crippen molar-refractivity contribution in [3.63, 3.8) is 0 Å². The Morgan fingerprint density at radius 3 is 2.45 bits per heavy atom. The van der Waals surface area contributed by atoms with Gasteiger partial charge in [0.25, 0.3) is 6.41 Å². The largest absolute Gasteiger partial charge is 0.333 e. The Morgan fingerprint density at radius 1 is 1.45 bits per heavy atom. The molecule has 1 rings (SSSR count). The molecule has 0 radical (unpaired) electrons. The molecule has 1 heterocycles. The average Bonchev–Trinajstić information content (AvgIpc) is 1.94. The Hall–Kier alpha value is -0.630. The van der Waals surface area contributed by atoms with Crippen molar-refractivity contribution in [1.29, 1.82) is 0 Å². The van der Waals surface area contributed by atoms with Gasteiger partial charge in [0.2, 0.25) is 0 Å². The van der Waals surface area contributed by atoms with Crippen LogP contribution in [0, 0.1) is 5.41 Å². The van der Waals surface area contributed by atoms with Gasteiger partial charge in [-0.2, -0.15) is 4.99 Å². The molecule has 0 spiro atoms. The van der Waals surface area contributed by atoms with E-state index in [1.165, 1.54) is 0 Å². The van der Waals surface area contributed by atoms with Gasteiger partial charge in [-0.25, -0.2) is 0 Å². The molecule has 0 N–H and O–H groups in total. The molecule has 0 unspecified atom stereocenters. The van der Waals surface area contributed by atoms with Crippen molar-refractivity contribution in [3.8, 4) is 0 Å². The molecule has 0 saturated carbocycles. The van der Waals surface area contributed by atoms with E-state index in [2.05, 4.69) is 31.3 Å². The maximum Gasteiger partial charge on any atom is 0.266 e. The van der Waals surface area contributed by atoms with E-state index < -0.39 is 6.41 Å². The van der Waals surface area contributed by atoms with Crippen molar-refractivity contribution >= 4 is 5.87 Å². The Morgan fingerprint density at radius 2 is 2.00 bits per heavy atom. The van der Waals surface area contributed by atoms with Gasteiger partial charge in [0.15, 0.2) is 0 Å². The summed E-state index contributed by atoms with van der Waals surface area (Å²) >= 11 is 0. The first-order chi connectivity index (χ1) is 5.14. The number of hydrogen-bond donors (Lipinski definition) is 0. The van der Waals surface area contributed by atoms with Crippen LogP contribution in [-0.2, 0) is 9.47 Å². The maximum absolute atomic E-state index is 5.24. The molecular weight excluding hydrogens is 142 g/mol. The molecule has 1 aliphatic heterocycles. The average molecular weight is 155 g/mol. The van der Waals surface area contributed by atoms with Crippen molar-refractivity contribution in [2.45, 2.75) is 20.3 Å². The minimum absolute atomic E-state index is 0.104. The lowest BCUT2D eigenvalue weighted by Gasteiger charge is -2.32. The third-order valence-corrected chi connectivity index (χ3v) is 1.43. The molecule has 0 aliphatic carbocycles. The number of ether oxygens (including phenoxy) is 2. The summed E-state index contributed by atoms with van der Waals surface area (Å²) in [5.41, 5.74) is 0.104. The van der Waals surface area contributed by atoms with Gasteiger partial charge in [0.05, 0.1) is 13.2 Å². The zero-order chi connectivity index (χ0) is 8.32. The van der Waals surface area contributed by atoms with Gasteiger partial charge in [0, 0.05) is 5.41 Å². The summed E-state index contributed by atoms with van der Waals surface area (Å²) in [7, 11) is 0. The monoisotopic (exact) mass is 155 g/mol. The molecule has 0 aromatic carbocycles.